The lowest BCUT2D eigenvalue weighted by Gasteiger charge is -2.34. The zero-order chi connectivity index (χ0) is 11.7. The molecule has 86 valence electrons. The minimum atomic E-state index is 0.386. The fourth-order valence-electron chi connectivity index (χ4n) is 2.09. The summed E-state index contributed by atoms with van der Waals surface area (Å²) in [6.45, 7) is 2.26. The molecule has 0 unspecified atom stereocenters. The van der Waals surface area contributed by atoms with E-state index in [1.54, 1.807) is 0 Å². The van der Waals surface area contributed by atoms with Crippen molar-refractivity contribution in [1.29, 1.82) is 0 Å². The molecule has 0 aromatic heterocycles. The van der Waals surface area contributed by atoms with Crippen LogP contribution in [0.5, 0.6) is 0 Å². The standard InChI is InChI=1S/C12H15ClN2S/c1-7-4-9(5-7)15-11-3-2-8(13)6-10(11)12(14)16/h2-3,6-7,9,15H,4-5H2,1H3,(H2,14,16). The summed E-state index contributed by atoms with van der Waals surface area (Å²) in [6.07, 6.45) is 2.42. The number of nitrogens with one attached hydrogen (secondary N) is 1. The van der Waals surface area contributed by atoms with Gasteiger partial charge in [0, 0.05) is 22.3 Å². The maximum Gasteiger partial charge on any atom is 0.106 e. The van der Waals surface area contributed by atoms with Gasteiger partial charge in [0.2, 0.25) is 0 Å². The number of halogens is 1. The summed E-state index contributed by atoms with van der Waals surface area (Å²) < 4.78 is 0. The molecule has 1 aliphatic rings. The van der Waals surface area contributed by atoms with Crippen LogP contribution in [0.15, 0.2) is 18.2 Å². The molecule has 1 aromatic rings. The predicted octanol–water partition coefficient (Wildman–Crippen LogP) is 3.18. The van der Waals surface area contributed by atoms with Crippen molar-refractivity contribution in [3.63, 3.8) is 0 Å². The molecule has 1 aliphatic carbocycles. The third-order valence-corrected chi connectivity index (χ3v) is 3.44. The summed E-state index contributed by atoms with van der Waals surface area (Å²) >= 11 is 10.9. The zero-order valence-corrected chi connectivity index (χ0v) is 10.7. The molecule has 2 rings (SSSR count). The smallest absolute Gasteiger partial charge is 0.106 e. The fourth-order valence-corrected chi connectivity index (χ4v) is 2.43. The van der Waals surface area contributed by atoms with Gasteiger partial charge in [0.25, 0.3) is 0 Å². The second-order valence-corrected chi connectivity index (χ2v) is 5.35. The van der Waals surface area contributed by atoms with Crippen LogP contribution < -0.4 is 11.1 Å². The molecule has 1 aromatic carbocycles. The first-order chi connectivity index (χ1) is 7.56. The Morgan fingerprint density at radius 3 is 2.75 bits per heavy atom. The Bertz CT molecular complexity index is 413. The van der Waals surface area contributed by atoms with Gasteiger partial charge in [-0.2, -0.15) is 0 Å². The average Bonchev–Trinajstić information content (AvgIpc) is 2.17. The summed E-state index contributed by atoms with van der Waals surface area (Å²) in [5.74, 6) is 0.818. The number of hydrogen-bond acceptors (Lipinski definition) is 2. The number of thiocarbonyl (C=S) groups is 1. The van der Waals surface area contributed by atoms with Crippen molar-refractivity contribution in [1.82, 2.24) is 0 Å². The molecule has 16 heavy (non-hydrogen) atoms. The van der Waals surface area contributed by atoms with Crippen molar-refractivity contribution in [3.8, 4) is 0 Å². The first kappa shape index (κ1) is 11.7. The van der Waals surface area contributed by atoms with E-state index < -0.39 is 0 Å². The van der Waals surface area contributed by atoms with E-state index in [4.69, 9.17) is 29.6 Å². The van der Waals surface area contributed by atoms with Crippen LogP contribution in [0.4, 0.5) is 5.69 Å². The minimum absolute atomic E-state index is 0.386. The Hall–Kier alpha value is -0.800. The summed E-state index contributed by atoms with van der Waals surface area (Å²) in [5, 5.41) is 4.12. The van der Waals surface area contributed by atoms with Gasteiger partial charge in [-0.05, 0) is 37.0 Å². The maximum absolute atomic E-state index is 5.93. The van der Waals surface area contributed by atoms with Gasteiger partial charge in [-0.15, -0.1) is 0 Å². The van der Waals surface area contributed by atoms with Crippen LogP contribution in [0, 0.1) is 5.92 Å². The highest BCUT2D eigenvalue weighted by Gasteiger charge is 2.25. The van der Waals surface area contributed by atoms with E-state index in [0.29, 0.717) is 16.1 Å². The molecule has 0 amide bonds. The van der Waals surface area contributed by atoms with Crippen LogP contribution in [0.3, 0.4) is 0 Å². The van der Waals surface area contributed by atoms with Crippen LogP contribution in [-0.4, -0.2) is 11.0 Å². The molecule has 0 radical (unpaired) electrons. The van der Waals surface area contributed by atoms with Crippen LogP contribution >= 0.6 is 23.8 Å². The molecule has 0 heterocycles. The SMILES string of the molecule is CC1CC(Nc2ccc(Cl)cc2C(N)=S)C1. The first-order valence-electron chi connectivity index (χ1n) is 5.42. The lowest BCUT2D eigenvalue weighted by Crippen LogP contribution is -2.34. The molecule has 1 fully saturated rings. The highest BCUT2D eigenvalue weighted by molar-refractivity contribution is 7.80. The topological polar surface area (TPSA) is 38.0 Å². The minimum Gasteiger partial charge on any atom is -0.389 e. The fraction of sp³-hybridized carbons (Fsp3) is 0.417. The van der Waals surface area contributed by atoms with E-state index in [9.17, 15) is 0 Å². The van der Waals surface area contributed by atoms with Crippen molar-refractivity contribution in [2.75, 3.05) is 5.32 Å². The number of anilines is 1. The molecular weight excluding hydrogens is 240 g/mol. The van der Waals surface area contributed by atoms with Crippen molar-refractivity contribution >= 4 is 34.5 Å². The number of benzene rings is 1. The molecule has 0 spiro atoms. The van der Waals surface area contributed by atoms with Gasteiger partial charge in [0.1, 0.15) is 4.99 Å². The van der Waals surface area contributed by atoms with E-state index >= 15 is 0 Å². The van der Waals surface area contributed by atoms with Crippen molar-refractivity contribution < 1.29 is 0 Å². The Labute approximate surface area is 106 Å². The highest BCUT2D eigenvalue weighted by atomic mass is 35.5. The van der Waals surface area contributed by atoms with Crippen molar-refractivity contribution in [3.05, 3.63) is 28.8 Å². The largest absolute Gasteiger partial charge is 0.389 e. The molecular formula is C12H15ClN2S. The maximum atomic E-state index is 5.93. The van der Waals surface area contributed by atoms with E-state index in [0.717, 1.165) is 17.2 Å². The van der Waals surface area contributed by atoms with Gasteiger partial charge in [-0.1, -0.05) is 30.7 Å². The quantitative estimate of drug-likeness (QED) is 0.814. The van der Waals surface area contributed by atoms with E-state index in [1.165, 1.54) is 12.8 Å². The molecule has 0 atom stereocenters. The Kier molecular flexibility index (Phi) is 3.36. The third kappa shape index (κ3) is 2.47. The van der Waals surface area contributed by atoms with Crippen LogP contribution in [-0.2, 0) is 0 Å². The van der Waals surface area contributed by atoms with Gasteiger partial charge < -0.3 is 11.1 Å². The van der Waals surface area contributed by atoms with Crippen molar-refractivity contribution in [2.24, 2.45) is 11.7 Å². The molecule has 2 nitrogen and oxygen atoms in total. The second-order valence-electron chi connectivity index (χ2n) is 4.47. The van der Waals surface area contributed by atoms with Crippen molar-refractivity contribution in [2.45, 2.75) is 25.8 Å². The summed E-state index contributed by atoms with van der Waals surface area (Å²) in [5.41, 5.74) is 7.51. The Morgan fingerprint density at radius 2 is 2.19 bits per heavy atom. The number of hydrogen-bond donors (Lipinski definition) is 2. The summed E-state index contributed by atoms with van der Waals surface area (Å²) in [6, 6.07) is 6.16. The normalized spacial score (nSPS) is 23.6. The van der Waals surface area contributed by atoms with Gasteiger partial charge in [0.15, 0.2) is 0 Å². The second kappa shape index (κ2) is 4.60. The van der Waals surface area contributed by atoms with Gasteiger partial charge in [-0.3, -0.25) is 0 Å². The highest BCUT2D eigenvalue weighted by Crippen LogP contribution is 2.31. The van der Waals surface area contributed by atoms with Gasteiger partial charge in [0.05, 0.1) is 0 Å². The number of nitrogens with two attached hydrogens (primary N) is 1. The molecule has 3 N–H and O–H groups in total. The zero-order valence-electron chi connectivity index (χ0n) is 9.16. The van der Waals surface area contributed by atoms with Gasteiger partial charge in [-0.25, -0.2) is 0 Å². The molecule has 0 saturated heterocycles. The summed E-state index contributed by atoms with van der Waals surface area (Å²) in [4.78, 5) is 0.386. The van der Waals surface area contributed by atoms with E-state index in [-0.39, 0.29) is 0 Å². The molecule has 0 bridgehead atoms. The summed E-state index contributed by atoms with van der Waals surface area (Å²) in [7, 11) is 0. The monoisotopic (exact) mass is 254 g/mol. The van der Waals surface area contributed by atoms with E-state index in [2.05, 4.69) is 12.2 Å². The third-order valence-electron chi connectivity index (χ3n) is 2.98. The lowest BCUT2D eigenvalue weighted by molar-refractivity contribution is 0.309. The first-order valence-corrected chi connectivity index (χ1v) is 6.21. The van der Waals surface area contributed by atoms with Crippen LogP contribution in [0.25, 0.3) is 0 Å². The lowest BCUT2D eigenvalue weighted by atomic mass is 9.81. The number of rotatable bonds is 3. The Morgan fingerprint density at radius 1 is 1.50 bits per heavy atom. The van der Waals surface area contributed by atoms with Gasteiger partial charge >= 0.3 is 0 Å². The van der Waals surface area contributed by atoms with E-state index in [1.807, 2.05) is 18.2 Å². The molecule has 0 aliphatic heterocycles. The molecule has 1 saturated carbocycles. The molecule has 4 heteroatoms. The Balaban J connectivity index is 2.16. The average molecular weight is 255 g/mol. The van der Waals surface area contributed by atoms with Crippen LogP contribution in [0.1, 0.15) is 25.3 Å². The van der Waals surface area contributed by atoms with Crippen LogP contribution in [0.2, 0.25) is 5.02 Å². The predicted molar refractivity (Wildman–Crippen MR) is 73.1 cm³/mol.